The van der Waals surface area contributed by atoms with Crippen LogP contribution in [-0.4, -0.2) is 11.4 Å². The molecule has 0 saturated carbocycles. The molecule has 82 valence electrons. The van der Waals surface area contributed by atoms with Crippen molar-refractivity contribution in [1.82, 2.24) is 0 Å². The van der Waals surface area contributed by atoms with Gasteiger partial charge in [-0.3, -0.25) is 0 Å². The number of nitrogens with two attached hydrogens (primary N) is 1. The minimum atomic E-state index is 0.156. The minimum Gasteiger partial charge on any atom is -0.505 e. The first-order chi connectivity index (χ1) is 7.74. The highest BCUT2D eigenvalue weighted by Crippen LogP contribution is 2.38. The molecular formula is C13H13NOS. The second-order valence-corrected chi connectivity index (χ2v) is 4.29. The van der Waals surface area contributed by atoms with Gasteiger partial charge in [-0.05, 0) is 24.0 Å². The van der Waals surface area contributed by atoms with Crippen molar-refractivity contribution in [3.63, 3.8) is 0 Å². The van der Waals surface area contributed by atoms with Crippen molar-refractivity contribution >= 4 is 17.4 Å². The number of hydrogen-bond donors (Lipinski definition) is 2. The van der Waals surface area contributed by atoms with E-state index in [9.17, 15) is 5.11 Å². The number of rotatable bonds is 2. The molecule has 0 unspecified atom stereocenters. The van der Waals surface area contributed by atoms with Gasteiger partial charge >= 0.3 is 0 Å². The van der Waals surface area contributed by atoms with Crippen LogP contribution in [0.4, 0.5) is 5.69 Å². The summed E-state index contributed by atoms with van der Waals surface area (Å²) in [5, 5.41) is 9.94. The Morgan fingerprint density at radius 1 is 1.00 bits per heavy atom. The fourth-order valence-corrected chi connectivity index (χ4v) is 2.26. The summed E-state index contributed by atoms with van der Waals surface area (Å²) >= 11 is 1.65. The lowest BCUT2D eigenvalue weighted by molar-refractivity contribution is 0.480. The van der Waals surface area contributed by atoms with Gasteiger partial charge in [0.1, 0.15) is 5.75 Å². The predicted molar refractivity (Wildman–Crippen MR) is 69.7 cm³/mol. The van der Waals surface area contributed by atoms with Crippen LogP contribution in [0.3, 0.4) is 0 Å². The number of benzene rings is 2. The fourth-order valence-electron chi connectivity index (χ4n) is 1.65. The molecule has 0 fully saturated rings. The van der Waals surface area contributed by atoms with Gasteiger partial charge in [0.15, 0.2) is 0 Å². The van der Waals surface area contributed by atoms with Gasteiger partial charge < -0.3 is 10.8 Å². The molecule has 2 aromatic carbocycles. The van der Waals surface area contributed by atoms with Gasteiger partial charge in [0.05, 0.1) is 5.69 Å². The molecule has 0 bridgehead atoms. The van der Waals surface area contributed by atoms with Crippen LogP contribution in [0, 0.1) is 0 Å². The van der Waals surface area contributed by atoms with Crippen LogP contribution < -0.4 is 5.73 Å². The molecule has 3 heteroatoms. The van der Waals surface area contributed by atoms with Crippen LogP contribution in [0.5, 0.6) is 5.75 Å². The summed E-state index contributed by atoms with van der Waals surface area (Å²) in [4.78, 5) is 1.13. The molecule has 2 aromatic rings. The van der Waals surface area contributed by atoms with Crippen LogP contribution in [0.2, 0.25) is 0 Å². The SMILES string of the molecule is CSc1ccccc1-c1cccc(N)c1O. The van der Waals surface area contributed by atoms with E-state index < -0.39 is 0 Å². The molecule has 0 heterocycles. The minimum absolute atomic E-state index is 0.156. The zero-order valence-electron chi connectivity index (χ0n) is 8.97. The van der Waals surface area contributed by atoms with Crippen LogP contribution in [0.25, 0.3) is 11.1 Å². The van der Waals surface area contributed by atoms with Crippen LogP contribution in [0.1, 0.15) is 0 Å². The van der Waals surface area contributed by atoms with E-state index in [1.54, 1.807) is 17.8 Å². The van der Waals surface area contributed by atoms with Crippen molar-refractivity contribution in [3.05, 3.63) is 42.5 Å². The van der Waals surface area contributed by atoms with Crippen LogP contribution in [-0.2, 0) is 0 Å². The summed E-state index contributed by atoms with van der Waals surface area (Å²) in [5.74, 6) is 0.156. The zero-order chi connectivity index (χ0) is 11.5. The zero-order valence-corrected chi connectivity index (χ0v) is 9.79. The molecule has 0 aliphatic rings. The van der Waals surface area contributed by atoms with E-state index in [2.05, 4.69) is 0 Å². The van der Waals surface area contributed by atoms with E-state index >= 15 is 0 Å². The van der Waals surface area contributed by atoms with Crippen molar-refractivity contribution < 1.29 is 5.11 Å². The standard InChI is InChI=1S/C13H13NOS/c1-16-12-8-3-2-5-9(12)10-6-4-7-11(14)13(10)15/h2-8,15H,14H2,1H3. The Morgan fingerprint density at radius 3 is 2.44 bits per heavy atom. The topological polar surface area (TPSA) is 46.2 Å². The molecule has 2 rings (SSSR count). The molecule has 2 nitrogen and oxygen atoms in total. The van der Waals surface area contributed by atoms with E-state index in [0.29, 0.717) is 5.69 Å². The van der Waals surface area contributed by atoms with Crippen molar-refractivity contribution in [2.45, 2.75) is 4.90 Å². The number of aromatic hydroxyl groups is 1. The third-order valence-electron chi connectivity index (χ3n) is 2.46. The maximum absolute atomic E-state index is 9.94. The van der Waals surface area contributed by atoms with Crippen molar-refractivity contribution in [2.24, 2.45) is 0 Å². The molecule has 0 saturated heterocycles. The van der Waals surface area contributed by atoms with Crippen molar-refractivity contribution in [3.8, 4) is 16.9 Å². The molecule has 0 radical (unpaired) electrons. The number of anilines is 1. The summed E-state index contributed by atoms with van der Waals surface area (Å²) in [5.41, 5.74) is 7.90. The smallest absolute Gasteiger partial charge is 0.146 e. The molecule has 0 aromatic heterocycles. The van der Waals surface area contributed by atoms with Crippen LogP contribution in [0.15, 0.2) is 47.4 Å². The van der Waals surface area contributed by atoms with E-state index in [0.717, 1.165) is 16.0 Å². The molecule has 3 N–H and O–H groups in total. The number of para-hydroxylation sites is 1. The Morgan fingerprint density at radius 2 is 1.69 bits per heavy atom. The summed E-state index contributed by atoms with van der Waals surface area (Å²) < 4.78 is 0. The van der Waals surface area contributed by atoms with Gasteiger partial charge in [-0.15, -0.1) is 11.8 Å². The maximum atomic E-state index is 9.94. The van der Waals surface area contributed by atoms with Gasteiger partial charge in [-0.1, -0.05) is 30.3 Å². The van der Waals surface area contributed by atoms with Crippen LogP contribution >= 0.6 is 11.8 Å². The third kappa shape index (κ3) is 1.86. The number of hydrogen-bond acceptors (Lipinski definition) is 3. The predicted octanol–water partition coefficient (Wildman–Crippen LogP) is 3.36. The normalized spacial score (nSPS) is 10.3. The number of phenolic OH excluding ortho intramolecular Hbond substituents is 1. The second-order valence-electron chi connectivity index (χ2n) is 3.44. The molecule has 0 atom stereocenters. The second kappa shape index (κ2) is 4.49. The van der Waals surface area contributed by atoms with E-state index in [1.807, 2.05) is 42.7 Å². The first-order valence-electron chi connectivity index (χ1n) is 4.95. The molecule has 0 aliphatic heterocycles. The number of nitrogen functional groups attached to an aromatic ring is 1. The Hall–Kier alpha value is -1.61. The molecule has 0 amide bonds. The van der Waals surface area contributed by atoms with Gasteiger partial charge in [0.2, 0.25) is 0 Å². The van der Waals surface area contributed by atoms with E-state index in [1.165, 1.54) is 0 Å². The molecule has 16 heavy (non-hydrogen) atoms. The van der Waals surface area contributed by atoms with Crippen molar-refractivity contribution in [2.75, 3.05) is 12.0 Å². The number of phenols is 1. The highest BCUT2D eigenvalue weighted by molar-refractivity contribution is 7.98. The quantitative estimate of drug-likeness (QED) is 0.473. The van der Waals surface area contributed by atoms with Gasteiger partial charge in [-0.2, -0.15) is 0 Å². The van der Waals surface area contributed by atoms with Gasteiger partial charge in [-0.25, -0.2) is 0 Å². The summed E-state index contributed by atoms with van der Waals surface area (Å²) in [6.07, 6.45) is 2.02. The average Bonchev–Trinajstić information content (AvgIpc) is 2.33. The lowest BCUT2D eigenvalue weighted by Gasteiger charge is -2.10. The van der Waals surface area contributed by atoms with E-state index in [-0.39, 0.29) is 5.75 Å². The first kappa shape index (κ1) is 10.9. The number of thioether (sulfide) groups is 1. The first-order valence-corrected chi connectivity index (χ1v) is 6.17. The largest absolute Gasteiger partial charge is 0.505 e. The summed E-state index contributed by atoms with van der Waals surface area (Å²) in [7, 11) is 0. The lowest BCUT2D eigenvalue weighted by Crippen LogP contribution is -1.88. The average molecular weight is 231 g/mol. The summed E-state index contributed by atoms with van der Waals surface area (Å²) in [6, 6.07) is 13.4. The third-order valence-corrected chi connectivity index (χ3v) is 3.26. The Bertz CT molecular complexity index is 511. The van der Waals surface area contributed by atoms with E-state index in [4.69, 9.17) is 5.73 Å². The summed E-state index contributed by atoms with van der Waals surface area (Å²) in [6.45, 7) is 0. The fraction of sp³-hybridized carbons (Fsp3) is 0.0769. The highest BCUT2D eigenvalue weighted by atomic mass is 32.2. The monoisotopic (exact) mass is 231 g/mol. The molecule has 0 spiro atoms. The molecular weight excluding hydrogens is 218 g/mol. The maximum Gasteiger partial charge on any atom is 0.146 e. The van der Waals surface area contributed by atoms with Crippen molar-refractivity contribution in [1.29, 1.82) is 0 Å². The Kier molecular flexibility index (Phi) is 3.06. The highest BCUT2D eigenvalue weighted by Gasteiger charge is 2.09. The van der Waals surface area contributed by atoms with Gasteiger partial charge in [0.25, 0.3) is 0 Å². The lowest BCUT2D eigenvalue weighted by atomic mass is 10.0. The Balaban J connectivity index is 2.63. The molecule has 0 aliphatic carbocycles. The Labute approximate surface area is 99.1 Å². The van der Waals surface area contributed by atoms with Gasteiger partial charge in [0, 0.05) is 10.5 Å².